The Morgan fingerprint density at radius 2 is 1.42 bits per heavy atom. The van der Waals surface area contributed by atoms with Gasteiger partial charge in [0.1, 0.15) is 0 Å². The summed E-state index contributed by atoms with van der Waals surface area (Å²) in [5.74, 6) is -0.0288. The fourth-order valence-corrected chi connectivity index (χ4v) is 5.70. The molecule has 2 aliphatic rings. The summed E-state index contributed by atoms with van der Waals surface area (Å²) in [5, 5.41) is 1.65. The largest absolute Gasteiger partial charge is 0.373 e. The lowest BCUT2D eigenvalue weighted by atomic mass is 10.0. The van der Waals surface area contributed by atoms with E-state index < -0.39 is 0 Å². The SMILES string of the molecule is C[C@@H]1CN(CCN2CCN(C(=O)c3cc(Cl)cc(Cl)c3)[C@H](Cc3ccc(Cl)cc3)C2)C[C@H](C)O1.Cl.Cl. The summed E-state index contributed by atoms with van der Waals surface area (Å²) in [6.45, 7) is 10.5. The molecule has 0 spiro atoms. The third kappa shape index (κ3) is 8.64. The summed E-state index contributed by atoms with van der Waals surface area (Å²) in [4.78, 5) is 20.4. The molecular weight excluding hydrogens is 564 g/mol. The Morgan fingerprint density at radius 3 is 2.03 bits per heavy atom. The molecule has 0 aliphatic carbocycles. The van der Waals surface area contributed by atoms with E-state index in [1.54, 1.807) is 18.2 Å². The minimum Gasteiger partial charge on any atom is -0.373 e. The van der Waals surface area contributed by atoms with Crippen LogP contribution in [0.5, 0.6) is 0 Å². The molecule has 0 aromatic heterocycles. The van der Waals surface area contributed by atoms with Crippen LogP contribution < -0.4 is 0 Å². The van der Waals surface area contributed by atoms with Crippen molar-refractivity contribution in [3.05, 3.63) is 68.7 Å². The highest BCUT2D eigenvalue weighted by Gasteiger charge is 2.32. The average Bonchev–Trinajstić information content (AvgIpc) is 2.78. The van der Waals surface area contributed by atoms with Gasteiger partial charge in [0.15, 0.2) is 0 Å². The summed E-state index contributed by atoms with van der Waals surface area (Å²) in [6.07, 6.45) is 1.29. The lowest BCUT2D eigenvalue weighted by molar-refractivity contribution is -0.0702. The van der Waals surface area contributed by atoms with Crippen LogP contribution in [-0.4, -0.2) is 84.7 Å². The number of ether oxygens (including phenoxy) is 1. The highest BCUT2D eigenvalue weighted by molar-refractivity contribution is 6.35. The van der Waals surface area contributed by atoms with Crippen LogP contribution in [0, 0.1) is 0 Å². The number of hydrogen-bond acceptors (Lipinski definition) is 4. The zero-order valence-corrected chi connectivity index (χ0v) is 24.4. The van der Waals surface area contributed by atoms with Crippen molar-refractivity contribution in [2.45, 2.75) is 38.5 Å². The van der Waals surface area contributed by atoms with E-state index in [9.17, 15) is 4.79 Å². The van der Waals surface area contributed by atoms with Crippen LogP contribution >= 0.6 is 59.6 Å². The second-order valence-corrected chi connectivity index (χ2v) is 10.8. The van der Waals surface area contributed by atoms with Crippen molar-refractivity contribution in [3.8, 4) is 0 Å². The lowest BCUT2D eigenvalue weighted by Gasteiger charge is -2.43. The molecule has 2 aliphatic heterocycles. The van der Waals surface area contributed by atoms with Crippen LogP contribution in [0.1, 0.15) is 29.8 Å². The van der Waals surface area contributed by atoms with Gasteiger partial charge >= 0.3 is 0 Å². The standard InChI is InChI=1S/C26H32Cl3N3O2.2ClH/c1-18-15-31(16-19(2)34-18)8-7-30-9-10-32(26(33)21-12-23(28)14-24(29)13-21)25(17-30)11-20-3-5-22(27)6-4-20;;/h3-6,12-14,18-19,25H,7-11,15-17H2,1-2H3;2*1H/t18-,19+,25-;;/m1../s1. The van der Waals surface area contributed by atoms with Gasteiger partial charge in [-0.05, 0) is 56.2 Å². The van der Waals surface area contributed by atoms with E-state index in [-0.39, 0.29) is 49.0 Å². The fraction of sp³-hybridized carbons (Fsp3) is 0.500. The summed E-state index contributed by atoms with van der Waals surface area (Å²) in [6, 6.07) is 13.0. The first-order valence-corrected chi connectivity index (χ1v) is 13.0. The first kappa shape index (κ1) is 31.5. The van der Waals surface area contributed by atoms with Crippen molar-refractivity contribution in [1.82, 2.24) is 14.7 Å². The molecule has 2 aromatic carbocycles. The van der Waals surface area contributed by atoms with Gasteiger partial charge in [0.2, 0.25) is 0 Å². The Balaban J connectivity index is 0.00000228. The van der Waals surface area contributed by atoms with E-state index in [1.165, 1.54) is 0 Å². The van der Waals surface area contributed by atoms with E-state index in [0.29, 0.717) is 27.2 Å². The second kappa shape index (κ2) is 14.4. The zero-order valence-electron chi connectivity index (χ0n) is 20.5. The minimum atomic E-state index is -0.0288. The molecule has 2 heterocycles. The van der Waals surface area contributed by atoms with Crippen LogP contribution in [0.15, 0.2) is 42.5 Å². The number of halogens is 5. The van der Waals surface area contributed by atoms with Crippen molar-refractivity contribution in [3.63, 3.8) is 0 Å². The molecule has 200 valence electrons. The zero-order chi connectivity index (χ0) is 24.2. The van der Waals surface area contributed by atoms with Gasteiger partial charge < -0.3 is 9.64 Å². The molecule has 2 saturated heterocycles. The van der Waals surface area contributed by atoms with Crippen LogP contribution in [0.2, 0.25) is 15.1 Å². The summed E-state index contributed by atoms with van der Waals surface area (Å²) < 4.78 is 5.87. The van der Waals surface area contributed by atoms with Crippen molar-refractivity contribution in [2.24, 2.45) is 0 Å². The highest BCUT2D eigenvalue weighted by atomic mass is 35.5. The molecule has 0 bridgehead atoms. The van der Waals surface area contributed by atoms with Crippen molar-refractivity contribution in [1.29, 1.82) is 0 Å². The monoisotopic (exact) mass is 595 g/mol. The molecular formula is C26H34Cl5N3O2. The van der Waals surface area contributed by atoms with Crippen LogP contribution in [0.4, 0.5) is 0 Å². The molecule has 2 aromatic rings. The number of morpholine rings is 1. The van der Waals surface area contributed by atoms with E-state index in [0.717, 1.165) is 51.3 Å². The van der Waals surface area contributed by atoms with Crippen LogP contribution in [-0.2, 0) is 11.2 Å². The number of nitrogens with zero attached hydrogens (tertiary/aromatic N) is 3. The summed E-state index contributed by atoms with van der Waals surface area (Å²) in [7, 11) is 0. The fourth-order valence-electron chi connectivity index (χ4n) is 5.05. The number of amides is 1. The predicted octanol–water partition coefficient (Wildman–Crippen LogP) is 5.97. The Labute approximate surface area is 241 Å². The van der Waals surface area contributed by atoms with Gasteiger partial charge in [-0.3, -0.25) is 14.6 Å². The van der Waals surface area contributed by atoms with Gasteiger partial charge in [-0.25, -0.2) is 0 Å². The van der Waals surface area contributed by atoms with E-state index in [2.05, 4.69) is 23.6 Å². The Bertz CT molecular complexity index is 964. The van der Waals surface area contributed by atoms with E-state index in [1.807, 2.05) is 29.2 Å². The molecule has 0 radical (unpaired) electrons. The van der Waals surface area contributed by atoms with Gasteiger partial charge in [0.25, 0.3) is 5.91 Å². The van der Waals surface area contributed by atoms with E-state index in [4.69, 9.17) is 39.5 Å². The maximum atomic E-state index is 13.5. The second-order valence-electron chi connectivity index (χ2n) is 9.46. The maximum Gasteiger partial charge on any atom is 0.254 e. The normalized spacial score (nSPS) is 23.0. The summed E-state index contributed by atoms with van der Waals surface area (Å²) >= 11 is 18.5. The van der Waals surface area contributed by atoms with Crippen molar-refractivity contribution < 1.29 is 9.53 Å². The Hall–Kier alpha value is -0.760. The third-order valence-electron chi connectivity index (χ3n) is 6.55. The smallest absolute Gasteiger partial charge is 0.254 e. The topological polar surface area (TPSA) is 36.0 Å². The van der Waals surface area contributed by atoms with Gasteiger partial charge in [-0.1, -0.05) is 46.9 Å². The molecule has 3 atom stereocenters. The molecule has 0 unspecified atom stereocenters. The van der Waals surface area contributed by atoms with Gasteiger partial charge in [0.05, 0.1) is 12.2 Å². The van der Waals surface area contributed by atoms with Crippen molar-refractivity contribution >= 4 is 65.5 Å². The molecule has 5 nitrogen and oxygen atoms in total. The van der Waals surface area contributed by atoms with Gasteiger partial charge in [-0.15, -0.1) is 24.8 Å². The number of carbonyl (C=O) groups excluding carboxylic acids is 1. The average molecular weight is 598 g/mol. The van der Waals surface area contributed by atoms with E-state index >= 15 is 0 Å². The van der Waals surface area contributed by atoms with Crippen LogP contribution in [0.3, 0.4) is 0 Å². The molecule has 1 amide bonds. The Kier molecular flexibility index (Phi) is 12.6. The lowest BCUT2D eigenvalue weighted by Crippen LogP contribution is -2.57. The highest BCUT2D eigenvalue weighted by Crippen LogP contribution is 2.24. The number of carbonyl (C=O) groups is 1. The molecule has 4 rings (SSSR count). The first-order valence-electron chi connectivity index (χ1n) is 11.9. The molecule has 36 heavy (non-hydrogen) atoms. The van der Waals surface area contributed by atoms with Gasteiger partial charge in [0, 0.05) is 72.5 Å². The number of hydrogen-bond donors (Lipinski definition) is 0. The first-order chi connectivity index (χ1) is 16.3. The molecule has 10 heteroatoms. The Morgan fingerprint density at radius 1 is 0.833 bits per heavy atom. The predicted molar refractivity (Wildman–Crippen MR) is 154 cm³/mol. The summed E-state index contributed by atoms with van der Waals surface area (Å²) in [5.41, 5.74) is 1.69. The number of rotatable bonds is 6. The third-order valence-corrected chi connectivity index (χ3v) is 7.24. The molecule has 0 saturated carbocycles. The number of benzene rings is 2. The number of piperazine rings is 1. The van der Waals surface area contributed by atoms with Crippen molar-refractivity contribution in [2.75, 3.05) is 45.8 Å². The van der Waals surface area contributed by atoms with Crippen LogP contribution in [0.25, 0.3) is 0 Å². The maximum absolute atomic E-state index is 13.5. The van der Waals surface area contributed by atoms with Gasteiger partial charge in [-0.2, -0.15) is 0 Å². The molecule has 2 fully saturated rings. The molecule has 0 N–H and O–H groups in total. The minimum absolute atomic E-state index is 0. The quantitative estimate of drug-likeness (QED) is 0.411.